The quantitative estimate of drug-likeness (QED) is 0.639. The maximum absolute atomic E-state index is 5.90. The van der Waals surface area contributed by atoms with Crippen molar-refractivity contribution in [2.75, 3.05) is 6.61 Å². The van der Waals surface area contributed by atoms with Gasteiger partial charge in [-0.15, -0.1) is 0 Å². The Balaban J connectivity index is 1.97. The lowest BCUT2D eigenvalue weighted by atomic mass is 9.92. The van der Waals surface area contributed by atoms with Crippen LogP contribution in [0.2, 0.25) is 0 Å². The van der Waals surface area contributed by atoms with Crippen molar-refractivity contribution in [3.05, 3.63) is 59.7 Å². The van der Waals surface area contributed by atoms with E-state index in [-0.39, 0.29) is 12.1 Å². The molecule has 19 heavy (non-hydrogen) atoms. The molecular formula is C14H16N4O. The minimum Gasteiger partial charge on any atom is -0.371 e. The third-order valence-electron chi connectivity index (χ3n) is 3.41. The van der Waals surface area contributed by atoms with Crippen LogP contribution in [-0.2, 0) is 11.2 Å². The molecular weight excluding hydrogens is 240 g/mol. The third kappa shape index (κ3) is 2.35. The average Bonchev–Trinajstić information content (AvgIpc) is 2.49. The van der Waals surface area contributed by atoms with Gasteiger partial charge in [0.25, 0.3) is 0 Å². The second kappa shape index (κ2) is 5.44. The number of aromatic nitrogens is 2. The number of nitrogens with two attached hydrogens (primary N) is 1. The molecule has 3 N–H and O–H groups in total. The number of hydrogen-bond acceptors (Lipinski definition) is 5. The average molecular weight is 256 g/mol. The fourth-order valence-electron chi connectivity index (χ4n) is 2.50. The van der Waals surface area contributed by atoms with Gasteiger partial charge in [0.1, 0.15) is 6.10 Å². The third-order valence-corrected chi connectivity index (χ3v) is 3.41. The fraction of sp³-hybridized carbons (Fsp3) is 0.286. The molecule has 0 amide bonds. The highest BCUT2D eigenvalue weighted by Gasteiger charge is 2.30. The van der Waals surface area contributed by atoms with Crippen LogP contribution in [0.1, 0.15) is 29.0 Å². The Kier molecular flexibility index (Phi) is 3.50. The predicted octanol–water partition coefficient (Wildman–Crippen LogP) is 1.29. The Bertz CT molecular complexity index is 546. The summed E-state index contributed by atoms with van der Waals surface area (Å²) in [6.07, 6.45) is 5.82. The molecule has 2 aromatic rings. The second-order valence-corrected chi connectivity index (χ2v) is 4.51. The normalized spacial score (nSPS) is 19.7. The second-order valence-electron chi connectivity index (χ2n) is 4.51. The summed E-state index contributed by atoms with van der Waals surface area (Å²) in [4.78, 5) is 8.40. The van der Waals surface area contributed by atoms with Crippen molar-refractivity contribution >= 4 is 0 Å². The Hall–Kier alpha value is -1.82. The van der Waals surface area contributed by atoms with E-state index in [9.17, 15) is 0 Å². The lowest BCUT2D eigenvalue weighted by molar-refractivity contribution is 0.0136. The molecule has 1 aromatic heterocycles. The van der Waals surface area contributed by atoms with Gasteiger partial charge < -0.3 is 4.74 Å². The lowest BCUT2D eigenvalue weighted by Crippen LogP contribution is -2.36. The number of ether oxygens (including phenoxy) is 1. The van der Waals surface area contributed by atoms with E-state index in [2.05, 4.69) is 33.6 Å². The summed E-state index contributed by atoms with van der Waals surface area (Å²) in [5.74, 6) is 5.69. The molecule has 0 aliphatic carbocycles. The summed E-state index contributed by atoms with van der Waals surface area (Å²) < 4.78 is 5.90. The van der Waals surface area contributed by atoms with Gasteiger partial charge in [-0.1, -0.05) is 24.3 Å². The van der Waals surface area contributed by atoms with E-state index in [1.807, 2.05) is 6.07 Å². The molecule has 3 rings (SSSR count). The zero-order chi connectivity index (χ0) is 13.1. The molecule has 5 nitrogen and oxygen atoms in total. The first kappa shape index (κ1) is 12.2. The lowest BCUT2D eigenvalue weighted by Gasteiger charge is -2.31. The summed E-state index contributed by atoms with van der Waals surface area (Å²) in [7, 11) is 0. The van der Waals surface area contributed by atoms with Crippen LogP contribution >= 0.6 is 0 Å². The van der Waals surface area contributed by atoms with E-state index < -0.39 is 0 Å². The number of fused-ring (bicyclic) bond motifs is 1. The minimum absolute atomic E-state index is 0.133. The zero-order valence-electron chi connectivity index (χ0n) is 10.5. The molecule has 2 unspecified atom stereocenters. The van der Waals surface area contributed by atoms with Gasteiger partial charge >= 0.3 is 0 Å². The molecule has 0 bridgehead atoms. The monoisotopic (exact) mass is 256 g/mol. The van der Waals surface area contributed by atoms with E-state index in [0.717, 1.165) is 12.1 Å². The van der Waals surface area contributed by atoms with Crippen LogP contribution in [0.25, 0.3) is 0 Å². The van der Waals surface area contributed by atoms with Gasteiger partial charge in [-0.2, -0.15) is 0 Å². The van der Waals surface area contributed by atoms with Crippen LogP contribution in [0.15, 0.2) is 42.9 Å². The van der Waals surface area contributed by atoms with Gasteiger partial charge in [-0.3, -0.25) is 15.8 Å². The Labute approximate surface area is 111 Å². The van der Waals surface area contributed by atoms with E-state index >= 15 is 0 Å². The molecule has 2 heterocycles. The van der Waals surface area contributed by atoms with Crippen molar-refractivity contribution in [1.82, 2.24) is 15.4 Å². The molecule has 2 atom stereocenters. The number of hydrogen-bond donors (Lipinski definition) is 2. The zero-order valence-corrected chi connectivity index (χ0v) is 10.5. The molecule has 98 valence electrons. The van der Waals surface area contributed by atoms with Crippen molar-refractivity contribution < 1.29 is 4.74 Å². The topological polar surface area (TPSA) is 73.1 Å². The van der Waals surface area contributed by atoms with Crippen LogP contribution in [0.4, 0.5) is 0 Å². The smallest absolute Gasteiger partial charge is 0.105 e. The number of rotatable bonds is 3. The highest BCUT2D eigenvalue weighted by atomic mass is 16.5. The largest absolute Gasteiger partial charge is 0.371 e. The molecule has 0 fully saturated rings. The fourth-order valence-corrected chi connectivity index (χ4v) is 2.50. The Morgan fingerprint density at radius 1 is 1.32 bits per heavy atom. The number of hydrazine groups is 1. The molecule has 0 saturated heterocycles. The Morgan fingerprint density at radius 3 is 3.00 bits per heavy atom. The highest BCUT2D eigenvalue weighted by Crippen LogP contribution is 2.35. The van der Waals surface area contributed by atoms with Crippen LogP contribution in [-0.4, -0.2) is 16.6 Å². The van der Waals surface area contributed by atoms with Crippen LogP contribution in [0.3, 0.4) is 0 Å². The van der Waals surface area contributed by atoms with Gasteiger partial charge in [-0.05, 0) is 17.5 Å². The van der Waals surface area contributed by atoms with Crippen LogP contribution in [0, 0.1) is 0 Å². The van der Waals surface area contributed by atoms with Gasteiger partial charge in [-0.25, -0.2) is 5.43 Å². The first-order valence-electron chi connectivity index (χ1n) is 6.31. The molecule has 1 aliphatic rings. The molecule has 1 aromatic carbocycles. The molecule has 5 heteroatoms. The first-order valence-corrected chi connectivity index (χ1v) is 6.31. The maximum Gasteiger partial charge on any atom is 0.105 e. The molecule has 1 aliphatic heterocycles. The number of benzene rings is 1. The summed E-state index contributed by atoms with van der Waals surface area (Å²) in [6.45, 7) is 0.695. The van der Waals surface area contributed by atoms with Gasteiger partial charge in [0.2, 0.25) is 0 Å². The van der Waals surface area contributed by atoms with E-state index in [0.29, 0.717) is 6.61 Å². The van der Waals surface area contributed by atoms with Crippen molar-refractivity contribution in [2.24, 2.45) is 5.84 Å². The SMILES string of the molecule is NNC(c1cnccn1)C1OCCc2ccccc21. The standard InChI is InChI=1S/C14H16N4O/c15-18-13(12-9-16-6-7-17-12)14-11-4-2-1-3-10(11)5-8-19-14/h1-4,6-7,9,13-14,18H,5,8,15H2. The van der Waals surface area contributed by atoms with E-state index in [1.165, 1.54) is 11.1 Å². The first-order chi connectivity index (χ1) is 9.40. The molecule has 0 spiro atoms. The maximum atomic E-state index is 5.90. The summed E-state index contributed by atoms with van der Waals surface area (Å²) in [5, 5.41) is 0. The number of nitrogens with one attached hydrogen (secondary N) is 1. The van der Waals surface area contributed by atoms with Crippen LogP contribution in [0.5, 0.6) is 0 Å². The predicted molar refractivity (Wildman–Crippen MR) is 70.9 cm³/mol. The van der Waals surface area contributed by atoms with Crippen molar-refractivity contribution in [3.8, 4) is 0 Å². The van der Waals surface area contributed by atoms with Gasteiger partial charge in [0.05, 0.1) is 24.5 Å². The molecule has 0 radical (unpaired) electrons. The number of nitrogens with zero attached hydrogens (tertiary/aromatic N) is 2. The molecule has 0 saturated carbocycles. The Morgan fingerprint density at radius 2 is 2.21 bits per heavy atom. The minimum atomic E-state index is -0.199. The van der Waals surface area contributed by atoms with Crippen LogP contribution < -0.4 is 11.3 Å². The summed E-state index contributed by atoms with van der Waals surface area (Å²) in [5.41, 5.74) is 6.06. The summed E-state index contributed by atoms with van der Waals surface area (Å²) >= 11 is 0. The van der Waals surface area contributed by atoms with E-state index in [1.54, 1.807) is 18.6 Å². The highest BCUT2D eigenvalue weighted by molar-refractivity contribution is 5.33. The van der Waals surface area contributed by atoms with Crippen molar-refractivity contribution in [2.45, 2.75) is 18.6 Å². The van der Waals surface area contributed by atoms with Gasteiger partial charge in [0.15, 0.2) is 0 Å². The van der Waals surface area contributed by atoms with E-state index in [4.69, 9.17) is 10.6 Å². The summed E-state index contributed by atoms with van der Waals surface area (Å²) in [6, 6.07) is 8.09. The van der Waals surface area contributed by atoms with Crippen molar-refractivity contribution in [1.29, 1.82) is 0 Å². The van der Waals surface area contributed by atoms with Gasteiger partial charge in [0, 0.05) is 12.4 Å². The van der Waals surface area contributed by atoms with Crippen molar-refractivity contribution in [3.63, 3.8) is 0 Å².